The van der Waals surface area contributed by atoms with Gasteiger partial charge in [-0.25, -0.2) is 15.0 Å². The van der Waals surface area contributed by atoms with Gasteiger partial charge in [0.25, 0.3) is 0 Å². The van der Waals surface area contributed by atoms with E-state index in [1.54, 1.807) is 24.3 Å². The fourth-order valence-electron chi connectivity index (χ4n) is 2.86. The topological polar surface area (TPSA) is 114 Å². The molecule has 128 valence electrons. The van der Waals surface area contributed by atoms with Gasteiger partial charge in [-0.3, -0.25) is 0 Å². The molecule has 0 radical (unpaired) electrons. The molecule has 0 bridgehead atoms. The second-order valence-electron chi connectivity index (χ2n) is 5.72. The number of benzene rings is 2. The largest absolute Gasteiger partial charge is 0.508 e. The summed E-state index contributed by atoms with van der Waals surface area (Å²) in [5, 5.41) is 13.6. The molecule has 2 atom stereocenters. The zero-order valence-electron chi connectivity index (χ0n) is 13.5. The number of phenolic OH excluding ortho intramolecular Hbond substituents is 1. The van der Waals surface area contributed by atoms with Crippen molar-refractivity contribution in [3.05, 3.63) is 65.2 Å². The van der Waals surface area contributed by atoms with Gasteiger partial charge in [-0.2, -0.15) is 5.10 Å². The van der Waals surface area contributed by atoms with Gasteiger partial charge < -0.3 is 15.6 Å². The number of carbonyl (C=O) groups excluding carboxylic acids is 2. The number of cyclic esters (lactones) is 1. The standard InChI is InChI=1S/C18H17N3O4/c1-10(16-13-4-2-3-5-14(13)17(23)25-16)15(20-21-18(19)24)11-6-8-12(22)9-7-11/h2-10,16,22H,1H3,(H3,19,21,24)/b20-15-/t10-,16+/m0/s1. The number of hydrogen-bond donors (Lipinski definition) is 3. The maximum Gasteiger partial charge on any atom is 0.339 e. The van der Waals surface area contributed by atoms with Crippen molar-refractivity contribution in [1.29, 1.82) is 0 Å². The van der Waals surface area contributed by atoms with E-state index in [2.05, 4.69) is 10.5 Å². The second-order valence-corrected chi connectivity index (χ2v) is 5.72. The number of phenols is 1. The third-order valence-electron chi connectivity index (χ3n) is 4.06. The number of carbonyl (C=O) groups is 2. The number of hydrazone groups is 1. The van der Waals surface area contributed by atoms with Crippen molar-refractivity contribution in [2.24, 2.45) is 16.8 Å². The van der Waals surface area contributed by atoms with Crippen LogP contribution in [0.25, 0.3) is 0 Å². The number of amides is 2. The number of primary amides is 1. The van der Waals surface area contributed by atoms with Crippen LogP contribution in [-0.2, 0) is 4.74 Å². The van der Waals surface area contributed by atoms with Crippen LogP contribution in [0.15, 0.2) is 53.6 Å². The molecule has 2 amide bonds. The fourth-order valence-corrected chi connectivity index (χ4v) is 2.86. The van der Waals surface area contributed by atoms with E-state index in [0.717, 1.165) is 5.56 Å². The average Bonchev–Trinajstić information content (AvgIpc) is 2.93. The van der Waals surface area contributed by atoms with E-state index in [0.29, 0.717) is 16.8 Å². The molecule has 0 saturated heterocycles. The molecule has 7 nitrogen and oxygen atoms in total. The molecule has 2 aromatic carbocycles. The summed E-state index contributed by atoms with van der Waals surface area (Å²) < 4.78 is 5.51. The van der Waals surface area contributed by atoms with Gasteiger partial charge in [-0.15, -0.1) is 0 Å². The van der Waals surface area contributed by atoms with Crippen molar-refractivity contribution in [2.75, 3.05) is 0 Å². The van der Waals surface area contributed by atoms with Crippen LogP contribution in [0.2, 0.25) is 0 Å². The number of nitrogens with two attached hydrogens (primary N) is 1. The van der Waals surface area contributed by atoms with Gasteiger partial charge in [-0.05, 0) is 35.9 Å². The summed E-state index contributed by atoms with van der Waals surface area (Å²) in [6, 6.07) is 12.7. The van der Waals surface area contributed by atoms with E-state index in [1.807, 2.05) is 19.1 Å². The van der Waals surface area contributed by atoms with E-state index in [-0.39, 0.29) is 17.6 Å². The van der Waals surface area contributed by atoms with Gasteiger partial charge in [-0.1, -0.05) is 25.1 Å². The van der Waals surface area contributed by atoms with Gasteiger partial charge in [0.15, 0.2) is 0 Å². The number of rotatable bonds is 4. The summed E-state index contributed by atoms with van der Waals surface area (Å²) in [7, 11) is 0. The molecule has 2 aromatic rings. The van der Waals surface area contributed by atoms with Gasteiger partial charge in [0.1, 0.15) is 11.9 Å². The molecule has 0 unspecified atom stereocenters. The third-order valence-corrected chi connectivity index (χ3v) is 4.06. The van der Waals surface area contributed by atoms with Crippen molar-refractivity contribution in [3.63, 3.8) is 0 Å². The van der Waals surface area contributed by atoms with Crippen LogP contribution in [-0.4, -0.2) is 22.8 Å². The first-order valence-electron chi connectivity index (χ1n) is 7.69. The normalized spacial score (nSPS) is 17.6. The number of nitrogens with zero attached hydrogens (tertiary/aromatic N) is 1. The number of fused-ring (bicyclic) bond motifs is 1. The van der Waals surface area contributed by atoms with Crippen LogP contribution in [0.5, 0.6) is 5.75 Å². The van der Waals surface area contributed by atoms with E-state index in [9.17, 15) is 14.7 Å². The number of nitrogens with one attached hydrogen (secondary N) is 1. The molecule has 0 aliphatic carbocycles. The molecular weight excluding hydrogens is 322 g/mol. The summed E-state index contributed by atoms with van der Waals surface area (Å²) in [6.07, 6.45) is -0.536. The molecule has 1 heterocycles. The van der Waals surface area contributed by atoms with Gasteiger partial charge in [0.2, 0.25) is 0 Å². The van der Waals surface area contributed by atoms with Crippen molar-refractivity contribution in [2.45, 2.75) is 13.0 Å². The van der Waals surface area contributed by atoms with E-state index >= 15 is 0 Å². The van der Waals surface area contributed by atoms with Crippen LogP contribution < -0.4 is 11.2 Å². The minimum Gasteiger partial charge on any atom is -0.508 e. The predicted molar refractivity (Wildman–Crippen MR) is 91.1 cm³/mol. The van der Waals surface area contributed by atoms with E-state index in [4.69, 9.17) is 10.5 Å². The number of urea groups is 1. The highest BCUT2D eigenvalue weighted by Crippen LogP contribution is 2.37. The molecule has 1 aliphatic rings. The third kappa shape index (κ3) is 3.30. The van der Waals surface area contributed by atoms with Crippen LogP contribution in [0, 0.1) is 5.92 Å². The van der Waals surface area contributed by atoms with Gasteiger partial charge in [0, 0.05) is 11.5 Å². The van der Waals surface area contributed by atoms with Gasteiger partial charge >= 0.3 is 12.0 Å². The second kappa shape index (κ2) is 6.64. The maximum atomic E-state index is 12.1. The summed E-state index contributed by atoms with van der Waals surface area (Å²) in [6.45, 7) is 1.84. The molecule has 25 heavy (non-hydrogen) atoms. The average molecular weight is 339 g/mol. The fraction of sp³-hybridized carbons (Fsp3) is 0.167. The Bertz CT molecular complexity index is 846. The van der Waals surface area contributed by atoms with Crippen LogP contribution in [0.1, 0.15) is 34.5 Å². The molecule has 3 rings (SSSR count). The lowest BCUT2D eigenvalue weighted by molar-refractivity contribution is 0.0326. The summed E-state index contributed by atoms with van der Waals surface area (Å²) in [5.41, 5.74) is 9.77. The summed E-state index contributed by atoms with van der Waals surface area (Å²) in [4.78, 5) is 23.1. The van der Waals surface area contributed by atoms with Crippen LogP contribution in [0.3, 0.4) is 0 Å². The van der Waals surface area contributed by atoms with Crippen LogP contribution >= 0.6 is 0 Å². The van der Waals surface area contributed by atoms with Gasteiger partial charge in [0.05, 0.1) is 11.3 Å². The highest BCUT2D eigenvalue weighted by atomic mass is 16.5. The molecule has 1 aliphatic heterocycles. The van der Waals surface area contributed by atoms with E-state index < -0.39 is 12.1 Å². The lowest BCUT2D eigenvalue weighted by Crippen LogP contribution is -2.29. The first-order chi connectivity index (χ1) is 12.0. The molecule has 4 N–H and O–H groups in total. The van der Waals surface area contributed by atoms with Crippen molar-refractivity contribution in [3.8, 4) is 5.75 Å². The number of ether oxygens (including phenoxy) is 1. The molecule has 0 fully saturated rings. The monoisotopic (exact) mass is 339 g/mol. The SMILES string of the molecule is C[C@@H](/C(=N/NC(N)=O)c1ccc(O)cc1)[C@H]1OC(=O)c2ccccc21. The minimum atomic E-state index is -0.799. The smallest absolute Gasteiger partial charge is 0.339 e. The minimum absolute atomic E-state index is 0.108. The Morgan fingerprint density at radius 3 is 2.60 bits per heavy atom. The number of hydrogen-bond acceptors (Lipinski definition) is 5. The Hall–Kier alpha value is -3.35. The Kier molecular flexibility index (Phi) is 4.38. The number of aromatic hydroxyl groups is 1. The quantitative estimate of drug-likeness (QED) is 0.450. The summed E-state index contributed by atoms with van der Waals surface area (Å²) in [5.74, 6) is -0.638. The Balaban J connectivity index is 1.99. The lowest BCUT2D eigenvalue weighted by Gasteiger charge is -2.21. The first kappa shape index (κ1) is 16.5. The van der Waals surface area contributed by atoms with Crippen molar-refractivity contribution >= 4 is 17.7 Å². The predicted octanol–water partition coefficient (Wildman–Crippen LogP) is 2.31. The lowest BCUT2D eigenvalue weighted by atomic mass is 9.89. The highest BCUT2D eigenvalue weighted by Gasteiger charge is 2.37. The molecule has 7 heteroatoms. The Morgan fingerprint density at radius 1 is 1.24 bits per heavy atom. The molecule has 0 saturated carbocycles. The molecular formula is C18H17N3O4. The molecule has 0 spiro atoms. The summed E-state index contributed by atoms with van der Waals surface area (Å²) >= 11 is 0. The van der Waals surface area contributed by atoms with Crippen molar-refractivity contribution in [1.82, 2.24) is 5.43 Å². The maximum absolute atomic E-state index is 12.1. The molecule has 0 aromatic heterocycles. The van der Waals surface area contributed by atoms with E-state index in [1.165, 1.54) is 12.1 Å². The number of esters is 1. The van der Waals surface area contributed by atoms with Crippen molar-refractivity contribution < 1.29 is 19.4 Å². The Morgan fingerprint density at radius 2 is 1.92 bits per heavy atom. The zero-order valence-corrected chi connectivity index (χ0v) is 13.5. The van der Waals surface area contributed by atoms with Crippen LogP contribution in [0.4, 0.5) is 4.79 Å². The Labute approximate surface area is 144 Å². The highest BCUT2D eigenvalue weighted by molar-refractivity contribution is 6.04. The first-order valence-corrected chi connectivity index (χ1v) is 7.69. The zero-order chi connectivity index (χ0) is 18.0.